The summed E-state index contributed by atoms with van der Waals surface area (Å²) in [4.78, 5) is 13.7. The van der Waals surface area contributed by atoms with Crippen LogP contribution in [0.15, 0.2) is 42.5 Å². The Kier molecular flexibility index (Phi) is 5.39. The molecule has 2 rings (SSSR count). The van der Waals surface area contributed by atoms with Crippen molar-refractivity contribution in [3.8, 4) is 0 Å². The van der Waals surface area contributed by atoms with E-state index in [1.54, 1.807) is 11.9 Å². The second kappa shape index (κ2) is 7.28. The van der Waals surface area contributed by atoms with E-state index in [-0.39, 0.29) is 18.3 Å². The molecule has 0 aliphatic carbocycles. The highest BCUT2D eigenvalue weighted by atomic mass is 19.2. The van der Waals surface area contributed by atoms with Crippen LogP contribution in [0.4, 0.5) is 18.9 Å². The van der Waals surface area contributed by atoms with Crippen LogP contribution in [0.1, 0.15) is 18.5 Å². The van der Waals surface area contributed by atoms with Crippen molar-refractivity contribution in [3.05, 3.63) is 65.5 Å². The molecule has 6 heteroatoms. The van der Waals surface area contributed by atoms with E-state index in [1.807, 2.05) is 37.3 Å². The van der Waals surface area contributed by atoms with Crippen molar-refractivity contribution < 1.29 is 18.0 Å². The third-order valence-electron chi connectivity index (χ3n) is 3.65. The number of anilines is 1. The Morgan fingerprint density at radius 3 is 2.39 bits per heavy atom. The molecular formula is C17H17F3N2O. The number of benzene rings is 2. The summed E-state index contributed by atoms with van der Waals surface area (Å²) in [5.41, 5.74) is 0.650. The Hall–Kier alpha value is -2.34. The SMILES string of the molecule is C[C@@H](c1ccccc1)N(C)CC(=O)Nc1ccc(F)c(F)c1F. The molecule has 2 aromatic carbocycles. The molecule has 0 bridgehead atoms. The van der Waals surface area contributed by atoms with Gasteiger partial charge in [0.1, 0.15) is 0 Å². The number of likely N-dealkylation sites (N-methyl/N-ethyl adjacent to an activating group) is 1. The molecule has 0 aliphatic heterocycles. The van der Waals surface area contributed by atoms with Gasteiger partial charge in [-0.05, 0) is 31.7 Å². The number of hydrogen-bond acceptors (Lipinski definition) is 2. The lowest BCUT2D eigenvalue weighted by Crippen LogP contribution is -2.32. The summed E-state index contributed by atoms with van der Waals surface area (Å²) < 4.78 is 39.5. The van der Waals surface area contributed by atoms with E-state index in [4.69, 9.17) is 0 Å². The number of halogens is 3. The summed E-state index contributed by atoms with van der Waals surface area (Å²) in [6.45, 7) is 1.91. The van der Waals surface area contributed by atoms with Crippen LogP contribution in [0.5, 0.6) is 0 Å². The van der Waals surface area contributed by atoms with Gasteiger partial charge in [-0.15, -0.1) is 0 Å². The molecular weight excluding hydrogens is 305 g/mol. The minimum atomic E-state index is -1.60. The van der Waals surface area contributed by atoms with Gasteiger partial charge in [-0.2, -0.15) is 0 Å². The van der Waals surface area contributed by atoms with Crippen molar-refractivity contribution in [1.29, 1.82) is 0 Å². The zero-order chi connectivity index (χ0) is 17.0. The quantitative estimate of drug-likeness (QED) is 0.851. The Morgan fingerprint density at radius 1 is 1.09 bits per heavy atom. The molecule has 0 aromatic heterocycles. The molecule has 0 unspecified atom stereocenters. The van der Waals surface area contributed by atoms with Gasteiger partial charge in [-0.1, -0.05) is 30.3 Å². The first-order valence-electron chi connectivity index (χ1n) is 7.08. The lowest BCUT2D eigenvalue weighted by atomic mass is 10.1. The molecule has 0 heterocycles. The van der Waals surface area contributed by atoms with Crippen molar-refractivity contribution in [3.63, 3.8) is 0 Å². The van der Waals surface area contributed by atoms with Crippen molar-refractivity contribution in [1.82, 2.24) is 4.90 Å². The Morgan fingerprint density at radius 2 is 1.74 bits per heavy atom. The fourth-order valence-corrected chi connectivity index (χ4v) is 2.16. The summed E-state index contributed by atoms with van der Waals surface area (Å²) in [6, 6.07) is 11.3. The third kappa shape index (κ3) is 4.10. The van der Waals surface area contributed by atoms with E-state index in [9.17, 15) is 18.0 Å². The van der Waals surface area contributed by atoms with Crippen LogP contribution < -0.4 is 5.32 Å². The number of nitrogens with one attached hydrogen (secondary N) is 1. The smallest absolute Gasteiger partial charge is 0.238 e. The molecule has 1 amide bonds. The molecule has 0 spiro atoms. The van der Waals surface area contributed by atoms with Gasteiger partial charge >= 0.3 is 0 Å². The number of carbonyl (C=O) groups excluding carboxylic acids is 1. The first-order chi connectivity index (χ1) is 10.9. The van der Waals surface area contributed by atoms with Gasteiger partial charge in [0, 0.05) is 6.04 Å². The predicted octanol–water partition coefficient (Wildman–Crippen LogP) is 3.74. The van der Waals surface area contributed by atoms with E-state index in [1.165, 1.54) is 0 Å². The monoisotopic (exact) mass is 322 g/mol. The summed E-state index contributed by atoms with van der Waals surface area (Å²) in [5.74, 6) is -4.82. The normalized spacial score (nSPS) is 12.3. The summed E-state index contributed by atoms with van der Waals surface area (Å²) in [5, 5.41) is 2.25. The molecule has 0 aliphatic rings. The van der Waals surface area contributed by atoms with E-state index >= 15 is 0 Å². The minimum absolute atomic E-state index is 0.0193. The Balaban J connectivity index is 2.01. The van der Waals surface area contributed by atoms with Crippen molar-refractivity contribution >= 4 is 11.6 Å². The van der Waals surface area contributed by atoms with Gasteiger partial charge in [0.2, 0.25) is 5.91 Å². The average molecular weight is 322 g/mol. The van der Waals surface area contributed by atoms with Gasteiger partial charge < -0.3 is 5.32 Å². The van der Waals surface area contributed by atoms with Crippen LogP contribution >= 0.6 is 0 Å². The van der Waals surface area contributed by atoms with Crippen LogP contribution in [0.3, 0.4) is 0 Å². The van der Waals surface area contributed by atoms with Gasteiger partial charge in [0.05, 0.1) is 12.2 Å². The van der Waals surface area contributed by atoms with E-state index in [2.05, 4.69) is 5.32 Å². The van der Waals surface area contributed by atoms with Crippen LogP contribution in [-0.4, -0.2) is 24.4 Å². The molecule has 0 saturated carbocycles. The first-order valence-corrected chi connectivity index (χ1v) is 7.08. The number of rotatable bonds is 5. The molecule has 0 radical (unpaired) electrons. The number of hydrogen-bond donors (Lipinski definition) is 1. The highest BCUT2D eigenvalue weighted by Gasteiger charge is 2.18. The fourth-order valence-electron chi connectivity index (χ4n) is 2.16. The van der Waals surface area contributed by atoms with Gasteiger partial charge in [0.15, 0.2) is 17.5 Å². The molecule has 0 fully saturated rings. The Bertz CT molecular complexity index is 692. The van der Waals surface area contributed by atoms with Crippen molar-refractivity contribution in [2.75, 3.05) is 18.9 Å². The van der Waals surface area contributed by atoms with Crippen molar-refractivity contribution in [2.24, 2.45) is 0 Å². The second-order valence-corrected chi connectivity index (χ2v) is 5.27. The standard InChI is InChI=1S/C17H17F3N2O/c1-11(12-6-4-3-5-7-12)22(2)10-15(23)21-14-9-8-13(18)16(19)17(14)20/h3-9,11H,10H2,1-2H3,(H,21,23)/t11-/m0/s1. The number of carbonyl (C=O) groups is 1. The fraction of sp³-hybridized carbons (Fsp3) is 0.235. The van der Waals surface area contributed by atoms with Crippen LogP contribution in [0.25, 0.3) is 0 Å². The molecule has 0 saturated heterocycles. The zero-order valence-electron chi connectivity index (χ0n) is 12.8. The third-order valence-corrected chi connectivity index (χ3v) is 3.65. The first kappa shape index (κ1) is 17.0. The minimum Gasteiger partial charge on any atom is -0.322 e. The molecule has 1 N–H and O–H groups in total. The lowest BCUT2D eigenvalue weighted by Gasteiger charge is -2.24. The maximum Gasteiger partial charge on any atom is 0.238 e. The van der Waals surface area contributed by atoms with Crippen molar-refractivity contribution in [2.45, 2.75) is 13.0 Å². The summed E-state index contributed by atoms with van der Waals surface area (Å²) in [6.07, 6.45) is 0. The lowest BCUT2D eigenvalue weighted by molar-refractivity contribution is -0.117. The van der Waals surface area contributed by atoms with Crippen LogP contribution in [-0.2, 0) is 4.79 Å². The molecule has 2 aromatic rings. The number of nitrogens with zero attached hydrogens (tertiary/aromatic N) is 1. The molecule has 1 atom stereocenters. The zero-order valence-corrected chi connectivity index (χ0v) is 12.8. The van der Waals surface area contributed by atoms with Gasteiger partial charge in [-0.3, -0.25) is 9.69 Å². The van der Waals surface area contributed by atoms with Crippen LogP contribution in [0, 0.1) is 17.5 Å². The Labute approximate surface area is 132 Å². The predicted molar refractivity (Wildman–Crippen MR) is 82.4 cm³/mol. The number of amides is 1. The molecule has 122 valence electrons. The highest BCUT2D eigenvalue weighted by Crippen LogP contribution is 2.21. The summed E-state index contributed by atoms with van der Waals surface area (Å²) in [7, 11) is 1.75. The highest BCUT2D eigenvalue weighted by molar-refractivity contribution is 5.92. The second-order valence-electron chi connectivity index (χ2n) is 5.27. The molecule has 3 nitrogen and oxygen atoms in total. The van der Waals surface area contributed by atoms with Gasteiger partial charge in [0.25, 0.3) is 0 Å². The molecule has 23 heavy (non-hydrogen) atoms. The summed E-state index contributed by atoms with van der Waals surface area (Å²) >= 11 is 0. The average Bonchev–Trinajstić information content (AvgIpc) is 2.55. The topological polar surface area (TPSA) is 32.3 Å². The maximum absolute atomic E-state index is 13.5. The van der Waals surface area contributed by atoms with Gasteiger partial charge in [-0.25, -0.2) is 13.2 Å². The van der Waals surface area contributed by atoms with E-state index in [0.29, 0.717) is 0 Å². The maximum atomic E-state index is 13.5. The van der Waals surface area contributed by atoms with Crippen LogP contribution in [0.2, 0.25) is 0 Å². The largest absolute Gasteiger partial charge is 0.322 e. The van der Waals surface area contributed by atoms with E-state index < -0.39 is 23.4 Å². The van der Waals surface area contributed by atoms with E-state index in [0.717, 1.165) is 17.7 Å².